The van der Waals surface area contributed by atoms with Crippen molar-refractivity contribution < 1.29 is 0 Å². The molecule has 3 rings (SSSR count). The highest BCUT2D eigenvalue weighted by Gasteiger charge is 2.02. The molecule has 0 spiro atoms. The lowest BCUT2D eigenvalue weighted by molar-refractivity contribution is 1.09. The molecule has 0 unspecified atom stereocenters. The Morgan fingerprint density at radius 3 is 2.61 bits per heavy atom. The zero-order valence-corrected chi connectivity index (χ0v) is 10.9. The number of H-pyrrole nitrogens is 1. The highest BCUT2D eigenvalue weighted by Crippen LogP contribution is 2.32. The summed E-state index contributed by atoms with van der Waals surface area (Å²) in [6, 6.07) is 12.0. The molecule has 0 radical (unpaired) electrons. The SMILES string of the molecule is Brc1ccc(N=Nc2cn[nH]c2)c2ccccc12. The number of hydrogen-bond donors (Lipinski definition) is 1. The summed E-state index contributed by atoms with van der Waals surface area (Å²) >= 11 is 3.53. The van der Waals surface area contributed by atoms with Crippen molar-refractivity contribution in [3.8, 4) is 0 Å². The summed E-state index contributed by atoms with van der Waals surface area (Å²) in [5.41, 5.74) is 1.55. The predicted octanol–water partition coefficient (Wildman–Crippen LogP) is 4.74. The van der Waals surface area contributed by atoms with Gasteiger partial charge in [0.25, 0.3) is 0 Å². The predicted molar refractivity (Wildman–Crippen MR) is 74.4 cm³/mol. The Bertz CT molecular complexity index is 704. The van der Waals surface area contributed by atoms with Crippen molar-refractivity contribution in [1.29, 1.82) is 0 Å². The first-order chi connectivity index (χ1) is 8.84. The molecule has 5 heteroatoms. The van der Waals surface area contributed by atoms with Gasteiger partial charge in [-0.25, -0.2) is 0 Å². The number of aromatic amines is 1. The van der Waals surface area contributed by atoms with Crippen LogP contribution in [0, 0.1) is 0 Å². The summed E-state index contributed by atoms with van der Waals surface area (Å²) in [5, 5.41) is 17.1. The van der Waals surface area contributed by atoms with Crippen molar-refractivity contribution in [3.63, 3.8) is 0 Å². The van der Waals surface area contributed by atoms with Crippen LogP contribution >= 0.6 is 15.9 Å². The second-order valence-electron chi connectivity index (χ2n) is 3.77. The smallest absolute Gasteiger partial charge is 0.123 e. The summed E-state index contributed by atoms with van der Waals surface area (Å²) < 4.78 is 1.06. The van der Waals surface area contributed by atoms with Gasteiger partial charge in [0.05, 0.1) is 11.9 Å². The highest BCUT2D eigenvalue weighted by atomic mass is 79.9. The molecular formula is C13H9BrN4. The van der Waals surface area contributed by atoms with Crippen LogP contribution in [0.5, 0.6) is 0 Å². The summed E-state index contributed by atoms with van der Waals surface area (Å²) in [6.45, 7) is 0. The maximum Gasteiger partial charge on any atom is 0.123 e. The Hall–Kier alpha value is -2.01. The van der Waals surface area contributed by atoms with Crippen LogP contribution in [0.25, 0.3) is 10.8 Å². The third kappa shape index (κ3) is 2.04. The van der Waals surface area contributed by atoms with Gasteiger partial charge < -0.3 is 0 Å². The standard InChI is InChI=1S/C13H9BrN4/c14-12-5-6-13(11-4-2-1-3-10(11)12)18-17-9-7-15-16-8-9/h1-8H,(H,15,16). The Labute approximate surface area is 112 Å². The van der Waals surface area contributed by atoms with Gasteiger partial charge in [-0.05, 0) is 17.5 Å². The van der Waals surface area contributed by atoms with Gasteiger partial charge in [0, 0.05) is 16.1 Å². The normalized spacial score (nSPS) is 11.4. The molecule has 3 aromatic rings. The lowest BCUT2D eigenvalue weighted by Crippen LogP contribution is -1.74. The molecule has 0 amide bonds. The second kappa shape index (κ2) is 4.70. The molecule has 0 saturated heterocycles. The van der Waals surface area contributed by atoms with Gasteiger partial charge in [-0.2, -0.15) is 5.10 Å². The maximum atomic E-state index is 4.26. The van der Waals surface area contributed by atoms with Crippen LogP contribution in [0.1, 0.15) is 0 Å². The van der Waals surface area contributed by atoms with E-state index in [1.54, 1.807) is 12.4 Å². The number of rotatable bonds is 2. The third-order valence-corrected chi connectivity index (χ3v) is 3.30. The molecule has 0 saturated carbocycles. The fourth-order valence-corrected chi connectivity index (χ4v) is 2.22. The lowest BCUT2D eigenvalue weighted by atomic mass is 10.1. The van der Waals surface area contributed by atoms with E-state index in [2.05, 4.69) is 42.4 Å². The molecule has 1 heterocycles. The average molecular weight is 301 g/mol. The Kier molecular flexibility index (Phi) is 2.90. The summed E-state index contributed by atoms with van der Waals surface area (Å²) in [7, 11) is 0. The molecule has 88 valence electrons. The molecule has 0 aliphatic rings. The molecule has 18 heavy (non-hydrogen) atoms. The number of nitrogens with one attached hydrogen (secondary N) is 1. The van der Waals surface area contributed by atoms with Gasteiger partial charge >= 0.3 is 0 Å². The van der Waals surface area contributed by atoms with E-state index in [4.69, 9.17) is 0 Å². The van der Waals surface area contributed by atoms with Crippen LogP contribution in [-0.4, -0.2) is 10.2 Å². The van der Waals surface area contributed by atoms with Crippen LogP contribution < -0.4 is 0 Å². The number of benzene rings is 2. The van der Waals surface area contributed by atoms with Crippen molar-refractivity contribution in [3.05, 3.63) is 53.3 Å². The van der Waals surface area contributed by atoms with Crippen LogP contribution in [0.15, 0.2) is 63.5 Å². The van der Waals surface area contributed by atoms with E-state index in [1.165, 1.54) is 0 Å². The molecule has 1 N–H and O–H groups in total. The summed E-state index contributed by atoms with van der Waals surface area (Å²) in [4.78, 5) is 0. The molecule has 0 bridgehead atoms. The third-order valence-electron chi connectivity index (χ3n) is 2.60. The number of halogens is 1. The monoisotopic (exact) mass is 300 g/mol. The molecule has 0 atom stereocenters. The molecule has 1 aromatic heterocycles. The molecule has 0 aliphatic heterocycles. The van der Waals surface area contributed by atoms with Gasteiger partial charge in [0.2, 0.25) is 0 Å². The van der Waals surface area contributed by atoms with Crippen molar-refractivity contribution in [2.45, 2.75) is 0 Å². The van der Waals surface area contributed by atoms with Gasteiger partial charge in [0.1, 0.15) is 5.69 Å². The van der Waals surface area contributed by atoms with Crippen LogP contribution in [0.3, 0.4) is 0 Å². The van der Waals surface area contributed by atoms with E-state index < -0.39 is 0 Å². The van der Waals surface area contributed by atoms with Gasteiger partial charge in [-0.1, -0.05) is 40.2 Å². The first kappa shape index (κ1) is 11.1. The number of azo groups is 1. The highest BCUT2D eigenvalue weighted by molar-refractivity contribution is 9.10. The van der Waals surface area contributed by atoms with E-state index in [0.717, 1.165) is 20.9 Å². The van der Waals surface area contributed by atoms with E-state index in [-0.39, 0.29) is 0 Å². The summed E-state index contributed by atoms with van der Waals surface area (Å²) in [5.74, 6) is 0. The van der Waals surface area contributed by atoms with Crippen molar-refractivity contribution >= 4 is 38.1 Å². The van der Waals surface area contributed by atoms with Crippen LogP contribution in [-0.2, 0) is 0 Å². The lowest BCUT2D eigenvalue weighted by Gasteiger charge is -2.02. The molecular weight excluding hydrogens is 292 g/mol. The Morgan fingerprint density at radius 2 is 1.83 bits per heavy atom. The van der Waals surface area contributed by atoms with Gasteiger partial charge in [-0.3, -0.25) is 5.10 Å². The second-order valence-corrected chi connectivity index (χ2v) is 4.62. The van der Waals surface area contributed by atoms with Crippen LogP contribution in [0.4, 0.5) is 11.4 Å². The largest absolute Gasteiger partial charge is 0.283 e. The molecule has 2 aromatic carbocycles. The number of hydrogen-bond acceptors (Lipinski definition) is 3. The Balaban J connectivity index is 2.10. The molecule has 4 nitrogen and oxygen atoms in total. The fraction of sp³-hybridized carbons (Fsp3) is 0. The minimum absolute atomic E-state index is 0.710. The first-order valence-electron chi connectivity index (χ1n) is 5.42. The van der Waals surface area contributed by atoms with Crippen LogP contribution in [0.2, 0.25) is 0 Å². The molecule has 0 fully saturated rings. The summed E-state index contributed by atoms with van der Waals surface area (Å²) in [6.07, 6.45) is 3.33. The zero-order valence-electron chi connectivity index (χ0n) is 9.34. The average Bonchev–Trinajstić information content (AvgIpc) is 2.92. The van der Waals surface area contributed by atoms with Gasteiger partial charge in [0.15, 0.2) is 0 Å². The number of fused-ring (bicyclic) bond motifs is 1. The quantitative estimate of drug-likeness (QED) is 0.683. The van der Waals surface area contributed by atoms with Crippen molar-refractivity contribution in [2.24, 2.45) is 10.2 Å². The van der Waals surface area contributed by atoms with E-state index >= 15 is 0 Å². The van der Waals surface area contributed by atoms with E-state index in [1.807, 2.05) is 30.3 Å². The minimum atomic E-state index is 0.710. The van der Waals surface area contributed by atoms with Gasteiger partial charge in [-0.15, -0.1) is 10.2 Å². The Morgan fingerprint density at radius 1 is 1.00 bits per heavy atom. The zero-order chi connectivity index (χ0) is 12.4. The number of nitrogens with zero attached hydrogens (tertiary/aromatic N) is 3. The number of aromatic nitrogens is 2. The van der Waals surface area contributed by atoms with Crippen molar-refractivity contribution in [2.75, 3.05) is 0 Å². The topological polar surface area (TPSA) is 53.4 Å². The van der Waals surface area contributed by atoms with E-state index in [9.17, 15) is 0 Å². The van der Waals surface area contributed by atoms with E-state index in [0.29, 0.717) is 5.69 Å². The maximum absolute atomic E-state index is 4.26. The van der Waals surface area contributed by atoms with Crippen molar-refractivity contribution in [1.82, 2.24) is 10.2 Å². The minimum Gasteiger partial charge on any atom is -0.283 e. The molecule has 0 aliphatic carbocycles. The first-order valence-corrected chi connectivity index (χ1v) is 6.22. The fourth-order valence-electron chi connectivity index (χ4n) is 1.74.